The minimum atomic E-state index is 0.244. The van der Waals surface area contributed by atoms with Gasteiger partial charge in [-0.25, -0.2) is 0 Å². The molecule has 16 heavy (non-hydrogen) atoms. The highest BCUT2D eigenvalue weighted by Gasteiger charge is 2.23. The van der Waals surface area contributed by atoms with Crippen molar-refractivity contribution in [2.75, 3.05) is 14.2 Å². The molecule has 1 aliphatic rings. The Morgan fingerprint density at radius 3 is 2.62 bits per heavy atom. The van der Waals surface area contributed by atoms with Gasteiger partial charge in [0.15, 0.2) is 0 Å². The molecule has 0 amide bonds. The zero-order valence-electron chi connectivity index (χ0n) is 10.2. The van der Waals surface area contributed by atoms with Crippen molar-refractivity contribution in [2.24, 2.45) is 5.73 Å². The normalized spacial score (nSPS) is 19.1. The minimum Gasteiger partial charge on any atom is -0.496 e. The SMILES string of the molecule is COc1cc(C)c(OC)c2c1C[C@@H](N)CC2. The Balaban J connectivity index is 2.57. The molecule has 0 bridgehead atoms. The van der Waals surface area contributed by atoms with Crippen molar-refractivity contribution in [1.29, 1.82) is 0 Å². The first-order chi connectivity index (χ1) is 7.67. The number of benzene rings is 1. The minimum absolute atomic E-state index is 0.244. The van der Waals surface area contributed by atoms with Crippen LogP contribution in [0.15, 0.2) is 6.07 Å². The number of methoxy groups -OCH3 is 2. The summed E-state index contributed by atoms with van der Waals surface area (Å²) < 4.78 is 10.9. The summed E-state index contributed by atoms with van der Waals surface area (Å²) in [6.07, 6.45) is 2.89. The van der Waals surface area contributed by atoms with Crippen molar-refractivity contribution in [3.8, 4) is 11.5 Å². The van der Waals surface area contributed by atoms with Crippen LogP contribution in [0.25, 0.3) is 0 Å². The molecule has 0 spiro atoms. The van der Waals surface area contributed by atoms with E-state index < -0.39 is 0 Å². The number of ether oxygens (including phenoxy) is 2. The van der Waals surface area contributed by atoms with Gasteiger partial charge in [-0.2, -0.15) is 0 Å². The smallest absolute Gasteiger partial charge is 0.125 e. The van der Waals surface area contributed by atoms with Gasteiger partial charge in [-0.1, -0.05) is 0 Å². The van der Waals surface area contributed by atoms with Crippen LogP contribution in [0, 0.1) is 6.92 Å². The molecule has 0 radical (unpaired) electrons. The summed E-state index contributed by atoms with van der Waals surface area (Å²) in [7, 11) is 3.44. The molecule has 1 atom stereocenters. The fourth-order valence-electron chi connectivity index (χ4n) is 2.52. The van der Waals surface area contributed by atoms with Gasteiger partial charge in [0.2, 0.25) is 0 Å². The topological polar surface area (TPSA) is 44.5 Å². The van der Waals surface area contributed by atoms with Crippen molar-refractivity contribution in [2.45, 2.75) is 32.2 Å². The number of aryl methyl sites for hydroxylation is 1. The molecular weight excluding hydrogens is 202 g/mol. The molecule has 2 rings (SSSR count). The molecule has 0 heterocycles. The summed E-state index contributed by atoms with van der Waals surface area (Å²) >= 11 is 0. The lowest BCUT2D eigenvalue weighted by Crippen LogP contribution is -2.28. The molecule has 0 unspecified atom stereocenters. The molecule has 1 aliphatic carbocycles. The third-order valence-electron chi connectivity index (χ3n) is 3.30. The van der Waals surface area contributed by atoms with Gasteiger partial charge in [0.05, 0.1) is 14.2 Å². The molecule has 1 aromatic rings. The Kier molecular flexibility index (Phi) is 3.06. The van der Waals surface area contributed by atoms with Gasteiger partial charge in [0.25, 0.3) is 0 Å². The summed E-state index contributed by atoms with van der Waals surface area (Å²) in [5.74, 6) is 1.95. The van der Waals surface area contributed by atoms with Gasteiger partial charge in [0.1, 0.15) is 11.5 Å². The maximum absolute atomic E-state index is 6.01. The standard InChI is InChI=1S/C13H19NO2/c1-8-6-12(15-2)11-7-9(14)4-5-10(11)13(8)16-3/h6,9H,4-5,7,14H2,1-3H3/t9-/m0/s1. The molecule has 1 aromatic carbocycles. The molecular formula is C13H19NO2. The highest BCUT2D eigenvalue weighted by Crippen LogP contribution is 2.38. The maximum atomic E-state index is 6.01. The van der Waals surface area contributed by atoms with E-state index in [0.29, 0.717) is 0 Å². The zero-order chi connectivity index (χ0) is 11.7. The lowest BCUT2D eigenvalue weighted by molar-refractivity contribution is 0.383. The number of hydrogen-bond acceptors (Lipinski definition) is 3. The molecule has 0 aliphatic heterocycles. The number of hydrogen-bond donors (Lipinski definition) is 1. The molecule has 0 aromatic heterocycles. The summed E-state index contributed by atoms with van der Waals surface area (Å²) in [5.41, 5.74) is 9.64. The number of nitrogens with two attached hydrogens (primary N) is 1. The highest BCUT2D eigenvalue weighted by molar-refractivity contribution is 5.54. The molecule has 3 nitrogen and oxygen atoms in total. The van der Waals surface area contributed by atoms with E-state index in [1.165, 1.54) is 11.1 Å². The molecule has 3 heteroatoms. The fourth-order valence-corrected chi connectivity index (χ4v) is 2.52. The first kappa shape index (κ1) is 11.3. The molecule has 2 N–H and O–H groups in total. The van der Waals surface area contributed by atoms with Crippen LogP contribution in [0.3, 0.4) is 0 Å². The largest absolute Gasteiger partial charge is 0.496 e. The maximum Gasteiger partial charge on any atom is 0.125 e. The van der Waals surface area contributed by atoms with Crippen LogP contribution in [0.4, 0.5) is 0 Å². The van der Waals surface area contributed by atoms with Gasteiger partial charge in [-0.15, -0.1) is 0 Å². The van der Waals surface area contributed by atoms with Crippen LogP contribution in [-0.4, -0.2) is 20.3 Å². The fraction of sp³-hybridized carbons (Fsp3) is 0.538. The van der Waals surface area contributed by atoms with Crippen molar-refractivity contribution >= 4 is 0 Å². The van der Waals surface area contributed by atoms with E-state index in [4.69, 9.17) is 15.2 Å². The number of rotatable bonds is 2. The van der Waals surface area contributed by atoms with Crippen molar-refractivity contribution in [3.63, 3.8) is 0 Å². The van der Waals surface area contributed by atoms with Crippen molar-refractivity contribution < 1.29 is 9.47 Å². The van der Waals surface area contributed by atoms with E-state index >= 15 is 0 Å². The van der Waals surface area contributed by atoms with Crippen LogP contribution < -0.4 is 15.2 Å². The Morgan fingerprint density at radius 2 is 2.00 bits per heavy atom. The third-order valence-corrected chi connectivity index (χ3v) is 3.30. The van der Waals surface area contributed by atoms with Crippen LogP contribution >= 0.6 is 0 Å². The van der Waals surface area contributed by atoms with E-state index in [1.807, 2.05) is 6.07 Å². The predicted octanol–water partition coefficient (Wildman–Crippen LogP) is 1.83. The average molecular weight is 221 g/mol. The molecule has 0 saturated heterocycles. The van der Waals surface area contributed by atoms with Crippen molar-refractivity contribution in [1.82, 2.24) is 0 Å². The molecule has 0 saturated carbocycles. The Hall–Kier alpha value is -1.22. The lowest BCUT2D eigenvalue weighted by Gasteiger charge is -2.26. The van der Waals surface area contributed by atoms with Crippen LogP contribution in [0.2, 0.25) is 0 Å². The van der Waals surface area contributed by atoms with Gasteiger partial charge in [-0.3, -0.25) is 0 Å². The number of fused-ring (bicyclic) bond motifs is 1. The van der Waals surface area contributed by atoms with Gasteiger partial charge >= 0.3 is 0 Å². The summed E-state index contributed by atoms with van der Waals surface area (Å²) in [6, 6.07) is 2.28. The Morgan fingerprint density at radius 1 is 1.25 bits per heavy atom. The van der Waals surface area contributed by atoms with Gasteiger partial charge in [0, 0.05) is 17.2 Å². The van der Waals surface area contributed by atoms with Crippen molar-refractivity contribution in [3.05, 3.63) is 22.8 Å². The van der Waals surface area contributed by atoms with E-state index in [2.05, 4.69) is 6.92 Å². The quantitative estimate of drug-likeness (QED) is 0.828. The zero-order valence-corrected chi connectivity index (χ0v) is 10.2. The van der Waals surface area contributed by atoms with E-state index in [1.54, 1.807) is 14.2 Å². The van der Waals surface area contributed by atoms with E-state index in [0.717, 1.165) is 36.3 Å². The Labute approximate surface area is 96.5 Å². The second-order valence-electron chi connectivity index (χ2n) is 4.39. The summed E-state index contributed by atoms with van der Waals surface area (Å²) in [5, 5.41) is 0. The second-order valence-corrected chi connectivity index (χ2v) is 4.39. The van der Waals surface area contributed by atoms with Crippen LogP contribution in [0.5, 0.6) is 11.5 Å². The lowest BCUT2D eigenvalue weighted by atomic mass is 9.86. The van der Waals surface area contributed by atoms with Crippen LogP contribution in [-0.2, 0) is 12.8 Å². The van der Waals surface area contributed by atoms with E-state index in [9.17, 15) is 0 Å². The van der Waals surface area contributed by atoms with Gasteiger partial charge < -0.3 is 15.2 Å². The second kappa shape index (κ2) is 4.34. The van der Waals surface area contributed by atoms with Gasteiger partial charge in [-0.05, 0) is 37.8 Å². The monoisotopic (exact) mass is 221 g/mol. The van der Waals surface area contributed by atoms with Crippen LogP contribution in [0.1, 0.15) is 23.1 Å². The summed E-state index contributed by atoms with van der Waals surface area (Å²) in [6.45, 7) is 2.05. The third kappa shape index (κ3) is 1.76. The summed E-state index contributed by atoms with van der Waals surface area (Å²) in [4.78, 5) is 0. The molecule has 88 valence electrons. The Bertz CT molecular complexity index is 401. The molecule has 0 fully saturated rings. The highest BCUT2D eigenvalue weighted by atomic mass is 16.5. The first-order valence-electron chi connectivity index (χ1n) is 5.66. The predicted molar refractivity (Wildman–Crippen MR) is 64.3 cm³/mol. The average Bonchev–Trinajstić information content (AvgIpc) is 2.28. The first-order valence-corrected chi connectivity index (χ1v) is 5.66. The van der Waals surface area contributed by atoms with E-state index in [-0.39, 0.29) is 6.04 Å².